The van der Waals surface area contributed by atoms with E-state index in [9.17, 15) is 19.7 Å². The Morgan fingerprint density at radius 2 is 1.89 bits per heavy atom. The average molecular weight is 375 g/mol. The largest absolute Gasteiger partial charge is 0.497 e. The first kappa shape index (κ1) is 19.5. The summed E-state index contributed by atoms with van der Waals surface area (Å²) in [5, 5.41) is 13.2. The number of nitrogens with one attached hydrogen (secondary N) is 1. The number of nitrogens with zero attached hydrogens (tertiary/aromatic N) is 1. The summed E-state index contributed by atoms with van der Waals surface area (Å²) in [7, 11) is 2.92. The van der Waals surface area contributed by atoms with Crippen LogP contribution >= 0.6 is 0 Å². The number of anilines is 2. The molecule has 0 bridgehead atoms. The van der Waals surface area contributed by atoms with E-state index in [1.165, 1.54) is 20.3 Å². The van der Waals surface area contributed by atoms with Crippen molar-refractivity contribution >= 4 is 28.9 Å². The maximum Gasteiger partial charge on any atom is 0.340 e. The highest BCUT2D eigenvalue weighted by Crippen LogP contribution is 2.28. The van der Waals surface area contributed by atoms with Crippen molar-refractivity contribution < 1.29 is 28.7 Å². The third-order valence-electron chi connectivity index (χ3n) is 3.48. The quantitative estimate of drug-likeness (QED) is 0.324. The lowest BCUT2D eigenvalue weighted by Gasteiger charge is -2.12. The molecule has 0 heterocycles. The lowest BCUT2D eigenvalue weighted by atomic mass is 10.1. The number of carbonyl (C=O) groups excluding carboxylic acids is 2. The van der Waals surface area contributed by atoms with Crippen LogP contribution < -0.4 is 20.5 Å². The molecule has 0 unspecified atom stereocenters. The van der Waals surface area contributed by atoms with Crippen molar-refractivity contribution in [2.75, 3.05) is 31.9 Å². The molecule has 27 heavy (non-hydrogen) atoms. The van der Waals surface area contributed by atoms with Crippen molar-refractivity contribution in [1.29, 1.82) is 0 Å². The number of non-ortho nitro benzene ring substituents is 1. The van der Waals surface area contributed by atoms with Crippen LogP contribution in [0.2, 0.25) is 0 Å². The number of hydrogen-bond acceptors (Lipinski definition) is 8. The molecule has 2 rings (SSSR count). The third-order valence-corrected chi connectivity index (χ3v) is 3.48. The molecule has 3 N–H and O–H groups in total. The van der Waals surface area contributed by atoms with Crippen LogP contribution in [-0.2, 0) is 9.53 Å². The van der Waals surface area contributed by atoms with E-state index in [1.807, 2.05) is 0 Å². The van der Waals surface area contributed by atoms with Gasteiger partial charge < -0.3 is 25.3 Å². The SMILES string of the molecule is COc1ccc(OC)c(NC(=O)COC(=O)c2ccc([N+](=O)[O-])cc2N)c1. The summed E-state index contributed by atoms with van der Waals surface area (Å²) >= 11 is 0. The summed E-state index contributed by atoms with van der Waals surface area (Å²) in [4.78, 5) is 34.1. The summed E-state index contributed by atoms with van der Waals surface area (Å²) < 4.78 is 15.1. The zero-order valence-electron chi connectivity index (χ0n) is 14.6. The summed E-state index contributed by atoms with van der Waals surface area (Å²) in [5.41, 5.74) is 5.51. The molecule has 0 aliphatic rings. The van der Waals surface area contributed by atoms with Crippen LogP contribution in [0.1, 0.15) is 10.4 Å². The second kappa shape index (κ2) is 8.52. The Kier molecular flexibility index (Phi) is 6.15. The predicted molar refractivity (Wildman–Crippen MR) is 96.0 cm³/mol. The number of nitro benzene ring substituents is 1. The van der Waals surface area contributed by atoms with Gasteiger partial charge in [-0.15, -0.1) is 0 Å². The van der Waals surface area contributed by atoms with Crippen molar-refractivity contribution in [2.45, 2.75) is 0 Å². The molecule has 10 heteroatoms. The number of amides is 1. The van der Waals surface area contributed by atoms with E-state index in [1.54, 1.807) is 18.2 Å². The minimum Gasteiger partial charge on any atom is -0.497 e. The predicted octanol–water partition coefficient (Wildman–Crippen LogP) is 1.99. The van der Waals surface area contributed by atoms with E-state index in [-0.39, 0.29) is 16.9 Å². The first-order valence-electron chi connectivity index (χ1n) is 7.58. The van der Waals surface area contributed by atoms with Crippen LogP contribution in [0.4, 0.5) is 17.1 Å². The van der Waals surface area contributed by atoms with Crippen LogP contribution in [0.3, 0.4) is 0 Å². The van der Waals surface area contributed by atoms with Gasteiger partial charge in [-0.1, -0.05) is 0 Å². The summed E-state index contributed by atoms with van der Waals surface area (Å²) in [5.74, 6) is -0.595. The van der Waals surface area contributed by atoms with Gasteiger partial charge in [0.05, 0.1) is 36.1 Å². The smallest absolute Gasteiger partial charge is 0.340 e. The average Bonchev–Trinajstić information content (AvgIpc) is 2.65. The molecule has 142 valence electrons. The van der Waals surface area contributed by atoms with Crippen LogP contribution in [-0.4, -0.2) is 37.6 Å². The van der Waals surface area contributed by atoms with Crippen LogP contribution in [0, 0.1) is 10.1 Å². The van der Waals surface area contributed by atoms with Crippen LogP contribution in [0.15, 0.2) is 36.4 Å². The van der Waals surface area contributed by atoms with Crippen LogP contribution in [0.25, 0.3) is 0 Å². The van der Waals surface area contributed by atoms with Crippen molar-refractivity contribution in [1.82, 2.24) is 0 Å². The number of rotatable bonds is 7. The Morgan fingerprint density at radius 3 is 2.48 bits per heavy atom. The number of hydrogen-bond donors (Lipinski definition) is 2. The minimum absolute atomic E-state index is 0.0765. The molecular weight excluding hydrogens is 358 g/mol. The van der Waals surface area contributed by atoms with Gasteiger partial charge >= 0.3 is 5.97 Å². The first-order valence-corrected chi connectivity index (χ1v) is 7.58. The highest BCUT2D eigenvalue weighted by molar-refractivity contribution is 5.99. The molecular formula is C17H17N3O7. The van der Waals surface area contributed by atoms with Crippen molar-refractivity contribution in [3.05, 3.63) is 52.1 Å². The highest BCUT2D eigenvalue weighted by Gasteiger charge is 2.17. The Balaban J connectivity index is 2.01. The number of methoxy groups -OCH3 is 2. The fourth-order valence-electron chi connectivity index (χ4n) is 2.16. The fraction of sp³-hybridized carbons (Fsp3) is 0.176. The molecule has 0 spiro atoms. The second-order valence-electron chi connectivity index (χ2n) is 5.22. The number of nitro groups is 1. The maximum absolute atomic E-state index is 12.0. The fourth-order valence-corrected chi connectivity index (χ4v) is 2.16. The second-order valence-corrected chi connectivity index (χ2v) is 5.22. The standard InChI is InChI=1S/C17H17N3O7/c1-25-11-4-6-15(26-2)14(8-11)19-16(21)9-27-17(22)12-5-3-10(20(23)24)7-13(12)18/h3-8H,9,18H2,1-2H3,(H,19,21). The zero-order chi connectivity index (χ0) is 20.0. The van der Waals surface area contributed by atoms with Gasteiger partial charge in [0, 0.05) is 18.2 Å². The Bertz CT molecular complexity index is 883. The van der Waals surface area contributed by atoms with Crippen molar-refractivity contribution in [2.24, 2.45) is 0 Å². The van der Waals surface area contributed by atoms with Crippen LogP contribution in [0.5, 0.6) is 11.5 Å². The number of benzene rings is 2. The monoisotopic (exact) mass is 375 g/mol. The molecule has 0 aliphatic carbocycles. The van der Waals surface area contributed by atoms with Gasteiger partial charge in [-0.25, -0.2) is 4.79 Å². The van der Waals surface area contributed by atoms with Gasteiger partial charge in [0.15, 0.2) is 6.61 Å². The van der Waals surface area contributed by atoms with E-state index in [0.29, 0.717) is 17.2 Å². The Labute approximate surface area is 154 Å². The summed E-state index contributed by atoms with van der Waals surface area (Å²) in [6.07, 6.45) is 0. The molecule has 0 atom stereocenters. The lowest BCUT2D eigenvalue weighted by Crippen LogP contribution is -2.21. The number of nitrogen functional groups attached to an aromatic ring is 1. The van der Waals surface area contributed by atoms with E-state index < -0.39 is 23.4 Å². The van der Waals surface area contributed by atoms with Gasteiger partial charge in [-0.05, 0) is 18.2 Å². The molecule has 2 aromatic carbocycles. The molecule has 0 saturated heterocycles. The van der Waals surface area contributed by atoms with Gasteiger partial charge in [0.25, 0.3) is 11.6 Å². The number of carbonyl (C=O) groups is 2. The molecule has 2 aromatic rings. The summed E-state index contributed by atoms with van der Waals surface area (Å²) in [6, 6.07) is 8.14. The minimum atomic E-state index is -0.879. The van der Waals surface area contributed by atoms with E-state index in [4.69, 9.17) is 19.9 Å². The van der Waals surface area contributed by atoms with Gasteiger partial charge in [0.1, 0.15) is 11.5 Å². The van der Waals surface area contributed by atoms with E-state index in [2.05, 4.69) is 5.32 Å². The number of esters is 1. The van der Waals surface area contributed by atoms with Gasteiger partial charge in [0.2, 0.25) is 0 Å². The zero-order valence-corrected chi connectivity index (χ0v) is 14.6. The van der Waals surface area contributed by atoms with E-state index in [0.717, 1.165) is 12.1 Å². The highest BCUT2D eigenvalue weighted by atomic mass is 16.6. The molecule has 1 amide bonds. The molecule has 10 nitrogen and oxygen atoms in total. The molecule has 0 aromatic heterocycles. The Morgan fingerprint density at radius 1 is 1.15 bits per heavy atom. The normalized spacial score (nSPS) is 10.0. The van der Waals surface area contributed by atoms with Gasteiger partial charge in [-0.3, -0.25) is 14.9 Å². The molecule has 0 aliphatic heterocycles. The molecule has 0 radical (unpaired) electrons. The third kappa shape index (κ3) is 4.84. The van der Waals surface area contributed by atoms with Crippen molar-refractivity contribution in [3.63, 3.8) is 0 Å². The number of nitrogens with two attached hydrogens (primary N) is 1. The molecule has 0 fully saturated rings. The Hall–Kier alpha value is -3.82. The van der Waals surface area contributed by atoms with E-state index >= 15 is 0 Å². The summed E-state index contributed by atoms with van der Waals surface area (Å²) in [6.45, 7) is -0.588. The van der Waals surface area contributed by atoms with Crippen molar-refractivity contribution in [3.8, 4) is 11.5 Å². The molecule has 0 saturated carbocycles. The maximum atomic E-state index is 12.0. The van der Waals surface area contributed by atoms with Gasteiger partial charge in [-0.2, -0.15) is 0 Å². The number of ether oxygens (including phenoxy) is 3. The first-order chi connectivity index (χ1) is 12.8. The topological polar surface area (TPSA) is 143 Å². The lowest BCUT2D eigenvalue weighted by molar-refractivity contribution is -0.384.